The topological polar surface area (TPSA) is 132 Å². The minimum Gasteiger partial charge on any atom is -0.352 e. The molecule has 0 radical (unpaired) electrons. The molecule has 5 aromatic rings. The van der Waals surface area contributed by atoms with Crippen LogP contribution >= 0.6 is 0 Å². The number of H-pyrrole nitrogens is 2. The van der Waals surface area contributed by atoms with Crippen LogP contribution in [0, 0.1) is 11.2 Å². The molecule has 0 unspecified atom stereocenters. The van der Waals surface area contributed by atoms with Crippen molar-refractivity contribution in [3.05, 3.63) is 42.7 Å². The molecule has 1 saturated heterocycles. The van der Waals surface area contributed by atoms with Crippen LogP contribution in [-0.4, -0.2) is 79.2 Å². The van der Waals surface area contributed by atoms with Gasteiger partial charge in [-0.25, -0.2) is 14.4 Å². The lowest BCUT2D eigenvalue weighted by molar-refractivity contribution is -0.123. The number of likely N-dealkylation sites (N-methyl/N-ethyl adjacent to an activating group) is 1. The van der Waals surface area contributed by atoms with Crippen LogP contribution in [0.4, 0.5) is 15.9 Å². The summed E-state index contributed by atoms with van der Waals surface area (Å²) < 4.78 is 16.1. The van der Waals surface area contributed by atoms with Crippen LogP contribution in [0.15, 0.2) is 36.9 Å². The van der Waals surface area contributed by atoms with Crippen LogP contribution in [0.3, 0.4) is 0 Å². The summed E-state index contributed by atoms with van der Waals surface area (Å²) in [5, 5.41) is 10.3. The number of aromatic amines is 2. The van der Waals surface area contributed by atoms with Crippen molar-refractivity contribution in [2.75, 3.05) is 43.4 Å². The molecule has 0 atom stereocenters. The van der Waals surface area contributed by atoms with Crippen molar-refractivity contribution in [1.82, 2.24) is 40.0 Å². The van der Waals surface area contributed by atoms with E-state index in [0.717, 1.165) is 43.0 Å². The largest absolute Gasteiger partial charge is 0.352 e. The fourth-order valence-corrected chi connectivity index (χ4v) is 4.59. The highest BCUT2D eigenvalue weighted by Crippen LogP contribution is 2.34. The summed E-state index contributed by atoms with van der Waals surface area (Å²) in [6.45, 7) is 9.03. The van der Waals surface area contributed by atoms with Gasteiger partial charge < -0.3 is 20.1 Å². The molecule has 12 heteroatoms. The van der Waals surface area contributed by atoms with Gasteiger partial charge in [-0.2, -0.15) is 5.10 Å². The van der Waals surface area contributed by atoms with E-state index in [1.54, 1.807) is 12.3 Å². The van der Waals surface area contributed by atoms with Gasteiger partial charge in [0, 0.05) is 49.6 Å². The molecular formula is C27H29FN10O. The molecule has 5 aromatic heterocycles. The second-order valence-corrected chi connectivity index (χ2v) is 10.9. The smallest absolute Gasteiger partial charge is 0.229 e. The minimum atomic E-state index is -0.587. The number of rotatable bonds is 4. The minimum absolute atomic E-state index is 0.0976. The van der Waals surface area contributed by atoms with E-state index < -0.39 is 11.2 Å². The first-order valence-corrected chi connectivity index (χ1v) is 12.8. The lowest BCUT2D eigenvalue weighted by Crippen LogP contribution is -2.44. The van der Waals surface area contributed by atoms with Gasteiger partial charge in [-0.15, -0.1) is 0 Å². The van der Waals surface area contributed by atoms with Crippen LogP contribution in [0.5, 0.6) is 0 Å². The summed E-state index contributed by atoms with van der Waals surface area (Å²) in [6, 6.07) is 3.51. The molecule has 1 fully saturated rings. The monoisotopic (exact) mass is 528 g/mol. The Labute approximate surface area is 223 Å². The van der Waals surface area contributed by atoms with Crippen molar-refractivity contribution in [3.63, 3.8) is 0 Å². The Morgan fingerprint density at radius 2 is 1.85 bits per heavy atom. The summed E-state index contributed by atoms with van der Waals surface area (Å²) in [4.78, 5) is 38.2. The molecule has 0 saturated carbocycles. The number of anilines is 2. The van der Waals surface area contributed by atoms with Gasteiger partial charge in [-0.3, -0.25) is 19.9 Å². The second kappa shape index (κ2) is 9.38. The molecule has 6 heterocycles. The number of amides is 1. The zero-order valence-corrected chi connectivity index (χ0v) is 22.2. The van der Waals surface area contributed by atoms with E-state index in [1.807, 2.05) is 26.8 Å². The number of piperazine rings is 1. The molecule has 6 rings (SSSR count). The van der Waals surface area contributed by atoms with Crippen molar-refractivity contribution < 1.29 is 9.18 Å². The van der Waals surface area contributed by atoms with E-state index in [4.69, 9.17) is 4.98 Å². The van der Waals surface area contributed by atoms with Crippen LogP contribution in [-0.2, 0) is 4.79 Å². The molecule has 11 nitrogen and oxygen atoms in total. The van der Waals surface area contributed by atoms with E-state index in [0.29, 0.717) is 28.3 Å². The molecule has 0 bridgehead atoms. The first-order chi connectivity index (χ1) is 18.7. The molecule has 1 aliphatic rings. The lowest BCUT2D eigenvalue weighted by Gasteiger charge is -2.33. The highest BCUT2D eigenvalue weighted by atomic mass is 19.1. The summed E-state index contributed by atoms with van der Waals surface area (Å²) in [6.07, 6.45) is 6.32. The van der Waals surface area contributed by atoms with Crippen molar-refractivity contribution in [2.45, 2.75) is 20.8 Å². The number of pyridine rings is 3. The zero-order valence-electron chi connectivity index (χ0n) is 22.2. The summed E-state index contributed by atoms with van der Waals surface area (Å²) >= 11 is 0. The molecule has 1 aliphatic heterocycles. The van der Waals surface area contributed by atoms with Gasteiger partial charge in [-0.1, -0.05) is 20.8 Å². The maximum atomic E-state index is 16.1. The summed E-state index contributed by atoms with van der Waals surface area (Å²) in [7, 11) is 2.10. The SMILES string of the molecule is CN1CCN(c2nccc3[nH]c(-c4n[nH]c5cnc(-c6cncc(NC(=O)C(C)(C)C)c6)c(F)c45)nc23)CC1. The highest BCUT2D eigenvalue weighted by molar-refractivity contribution is 5.97. The van der Waals surface area contributed by atoms with Gasteiger partial charge in [0.2, 0.25) is 5.91 Å². The predicted octanol–water partition coefficient (Wildman–Crippen LogP) is 3.83. The fourth-order valence-electron chi connectivity index (χ4n) is 4.59. The highest BCUT2D eigenvalue weighted by Gasteiger charge is 2.24. The standard InChI is InChI=1S/C27H29FN10O/c1-27(2,3)26(39)32-16-11-15(12-29-13-16)21-20(28)19-18(14-31-21)35-36-23(19)24-33-17-5-6-30-25(22(17)34-24)38-9-7-37(4)8-10-38/h5-6,11-14H,7-10H2,1-4H3,(H,32,39)(H,33,34)(H,35,36). The average molecular weight is 529 g/mol. The number of hydrogen-bond acceptors (Lipinski definition) is 8. The van der Waals surface area contributed by atoms with Crippen molar-refractivity contribution in [3.8, 4) is 22.8 Å². The van der Waals surface area contributed by atoms with E-state index in [-0.39, 0.29) is 17.0 Å². The van der Waals surface area contributed by atoms with Gasteiger partial charge >= 0.3 is 0 Å². The Hall–Kier alpha value is -4.45. The van der Waals surface area contributed by atoms with Crippen molar-refractivity contribution >= 4 is 39.3 Å². The van der Waals surface area contributed by atoms with E-state index in [9.17, 15) is 4.79 Å². The van der Waals surface area contributed by atoms with Gasteiger partial charge in [0.1, 0.15) is 16.9 Å². The van der Waals surface area contributed by atoms with Crippen LogP contribution in [0.1, 0.15) is 20.8 Å². The van der Waals surface area contributed by atoms with Gasteiger partial charge in [-0.05, 0) is 19.2 Å². The third-order valence-corrected chi connectivity index (χ3v) is 6.90. The van der Waals surface area contributed by atoms with Gasteiger partial charge in [0.15, 0.2) is 17.5 Å². The van der Waals surface area contributed by atoms with Crippen LogP contribution < -0.4 is 10.2 Å². The number of carbonyl (C=O) groups is 1. The first kappa shape index (κ1) is 24.9. The third-order valence-electron chi connectivity index (χ3n) is 6.90. The molecule has 39 heavy (non-hydrogen) atoms. The van der Waals surface area contributed by atoms with Crippen molar-refractivity contribution in [1.29, 1.82) is 0 Å². The maximum absolute atomic E-state index is 16.1. The molecule has 200 valence electrons. The van der Waals surface area contributed by atoms with E-state index in [2.05, 4.69) is 52.3 Å². The Morgan fingerprint density at radius 3 is 2.62 bits per heavy atom. The molecule has 3 N–H and O–H groups in total. The van der Waals surface area contributed by atoms with Crippen LogP contribution in [0.25, 0.3) is 44.7 Å². The average Bonchev–Trinajstić information content (AvgIpc) is 3.54. The summed E-state index contributed by atoms with van der Waals surface area (Å²) in [5.74, 6) is 0.499. The van der Waals surface area contributed by atoms with E-state index >= 15 is 4.39 Å². The second-order valence-electron chi connectivity index (χ2n) is 10.9. The molecule has 1 amide bonds. The van der Waals surface area contributed by atoms with Crippen LogP contribution in [0.2, 0.25) is 0 Å². The first-order valence-electron chi connectivity index (χ1n) is 12.8. The number of halogens is 1. The quantitative estimate of drug-likeness (QED) is 0.321. The number of hydrogen-bond donors (Lipinski definition) is 3. The zero-order chi connectivity index (χ0) is 27.3. The normalized spacial score (nSPS) is 14.8. The lowest BCUT2D eigenvalue weighted by atomic mass is 9.95. The van der Waals surface area contributed by atoms with Gasteiger partial charge in [0.05, 0.1) is 34.5 Å². The Morgan fingerprint density at radius 1 is 1.05 bits per heavy atom. The number of imidazole rings is 1. The van der Waals surface area contributed by atoms with Crippen molar-refractivity contribution in [2.24, 2.45) is 5.41 Å². The van der Waals surface area contributed by atoms with E-state index in [1.165, 1.54) is 18.6 Å². The molecular weight excluding hydrogens is 499 g/mol. The predicted molar refractivity (Wildman–Crippen MR) is 148 cm³/mol. The van der Waals surface area contributed by atoms with Gasteiger partial charge in [0.25, 0.3) is 0 Å². The Bertz CT molecular complexity index is 1690. The Balaban J connectivity index is 1.39. The number of aromatic nitrogens is 7. The number of carbonyl (C=O) groups excluding carboxylic acids is 1. The molecule has 0 aliphatic carbocycles. The fraction of sp³-hybridized carbons (Fsp3) is 0.333. The summed E-state index contributed by atoms with van der Waals surface area (Å²) in [5.41, 5.74) is 2.70. The maximum Gasteiger partial charge on any atom is 0.229 e. The number of nitrogens with one attached hydrogen (secondary N) is 3. The third kappa shape index (κ3) is 4.56. The Kier molecular flexibility index (Phi) is 5.98. The number of fused-ring (bicyclic) bond motifs is 2. The molecule has 0 aromatic carbocycles. The number of nitrogens with zero attached hydrogens (tertiary/aromatic N) is 7. The molecule has 0 spiro atoms.